The van der Waals surface area contributed by atoms with E-state index in [-0.39, 0.29) is 18.0 Å². The van der Waals surface area contributed by atoms with Crippen LogP contribution in [-0.4, -0.2) is 11.9 Å². The van der Waals surface area contributed by atoms with Crippen molar-refractivity contribution in [1.29, 1.82) is 0 Å². The summed E-state index contributed by atoms with van der Waals surface area (Å²) in [7, 11) is 0. The fraction of sp³-hybridized carbons (Fsp3) is 0.208. The lowest BCUT2D eigenvalue weighted by molar-refractivity contribution is -0.117. The minimum atomic E-state index is 0.0751. The molecular formula is C24H23ClN2O. The molecule has 0 spiro atoms. The summed E-state index contributed by atoms with van der Waals surface area (Å²) in [6.07, 6.45) is 0.841. The summed E-state index contributed by atoms with van der Waals surface area (Å²) in [4.78, 5) is 14.2. The number of hydrogen-bond donors (Lipinski definition) is 1. The molecule has 0 saturated carbocycles. The van der Waals surface area contributed by atoms with Gasteiger partial charge < -0.3 is 10.2 Å². The second kappa shape index (κ2) is 7.69. The van der Waals surface area contributed by atoms with Gasteiger partial charge in [-0.3, -0.25) is 4.79 Å². The number of benzene rings is 3. The first-order valence-corrected chi connectivity index (χ1v) is 9.92. The predicted molar refractivity (Wildman–Crippen MR) is 117 cm³/mol. The van der Waals surface area contributed by atoms with E-state index in [2.05, 4.69) is 42.6 Å². The number of fused-ring (bicyclic) bond motifs is 1. The van der Waals surface area contributed by atoms with Crippen LogP contribution in [0.2, 0.25) is 5.02 Å². The zero-order chi connectivity index (χ0) is 19.7. The van der Waals surface area contributed by atoms with Crippen molar-refractivity contribution < 1.29 is 4.79 Å². The van der Waals surface area contributed by atoms with Crippen molar-refractivity contribution in [1.82, 2.24) is 0 Å². The number of carbonyl (C=O) groups excluding carboxylic acids is 1. The summed E-state index contributed by atoms with van der Waals surface area (Å²) in [5, 5.41) is 4.36. The van der Waals surface area contributed by atoms with E-state index < -0.39 is 0 Å². The molecule has 1 amide bonds. The third-order valence-corrected chi connectivity index (χ3v) is 5.56. The number of rotatable bonds is 3. The van der Waals surface area contributed by atoms with Crippen LogP contribution in [0.5, 0.6) is 0 Å². The molecule has 3 aromatic rings. The number of carbonyl (C=O) groups is 1. The molecular weight excluding hydrogens is 368 g/mol. The fourth-order valence-electron chi connectivity index (χ4n) is 4.04. The Labute approximate surface area is 171 Å². The van der Waals surface area contributed by atoms with Crippen LogP contribution in [0, 0.1) is 0 Å². The molecule has 0 bridgehead atoms. The number of nitrogens with one attached hydrogen (secondary N) is 1. The van der Waals surface area contributed by atoms with Crippen LogP contribution in [-0.2, 0) is 4.79 Å². The first kappa shape index (κ1) is 18.6. The number of nitrogens with zero attached hydrogens (tertiary/aromatic N) is 1. The Balaban J connectivity index is 1.77. The van der Waals surface area contributed by atoms with Crippen LogP contribution in [0.1, 0.15) is 31.9 Å². The molecule has 28 heavy (non-hydrogen) atoms. The van der Waals surface area contributed by atoms with Crippen LogP contribution in [0.25, 0.3) is 11.1 Å². The van der Waals surface area contributed by atoms with Gasteiger partial charge >= 0.3 is 0 Å². The highest BCUT2D eigenvalue weighted by atomic mass is 35.5. The second-order valence-electron chi connectivity index (χ2n) is 7.32. The summed E-state index contributed by atoms with van der Waals surface area (Å²) in [6, 6.07) is 24.7. The molecule has 1 aliphatic rings. The molecule has 0 radical (unpaired) electrons. The third-order valence-electron chi connectivity index (χ3n) is 5.31. The standard InChI is InChI=1S/C24H23ClN2O/c1-16-14-23(26-21-11-9-20(25)10-12-21)22-15-19(18-6-4-3-5-7-18)8-13-24(22)27(16)17(2)28/h3-13,15-16,23,26H,14H2,1-2H3/t16-,23+/m1/s1. The molecule has 1 N–H and O–H groups in total. The van der Waals surface area contributed by atoms with E-state index in [0.717, 1.165) is 33.9 Å². The molecule has 142 valence electrons. The lowest BCUT2D eigenvalue weighted by Gasteiger charge is -2.39. The Morgan fingerprint density at radius 3 is 2.39 bits per heavy atom. The van der Waals surface area contributed by atoms with Gasteiger partial charge in [0, 0.05) is 29.4 Å². The molecule has 2 atom stereocenters. The first-order chi connectivity index (χ1) is 13.5. The van der Waals surface area contributed by atoms with E-state index in [9.17, 15) is 4.79 Å². The van der Waals surface area contributed by atoms with Crippen molar-refractivity contribution in [3.8, 4) is 11.1 Å². The van der Waals surface area contributed by atoms with Crippen LogP contribution in [0.15, 0.2) is 72.8 Å². The van der Waals surface area contributed by atoms with E-state index in [1.165, 1.54) is 5.56 Å². The van der Waals surface area contributed by atoms with Gasteiger partial charge in [0.15, 0.2) is 0 Å². The SMILES string of the molecule is CC(=O)N1c2ccc(-c3ccccc3)cc2[C@@H](Nc2ccc(Cl)cc2)C[C@H]1C. The van der Waals surface area contributed by atoms with Crippen molar-refractivity contribution in [3.05, 3.63) is 83.4 Å². The molecule has 0 saturated heterocycles. The molecule has 0 unspecified atom stereocenters. The topological polar surface area (TPSA) is 32.3 Å². The normalized spacial score (nSPS) is 18.5. The minimum absolute atomic E-state index is 0.0751. The molecule has 0 aliphatic carbocycles. The van der Waals surface area contributed by atoms with E-state index in [1.807, 2.05) is 47.4 Å². The number of halogens is 1. The maximum atomic E-state index is 12.3. The average Bonchev–Trinajstić information content (AvgIpc) is 2.70. The molecule has 4 rings (SSSR count). The highest BCUT2D eigenvalue weighted by molar-refractivity contribution is 6.30. The van der Waals surface area contributed by atoms with Crippen molar-refractivity contribution in [2.75, 3.05) is 10.2 Å². The van der Waals surface area contributed by atoms with Crippen LogP contribution in [0.4, 0.5) is 11.4 Å². The van der Waals surface area contributed by atoms with Gasteiger partial charge in [-0.15, -0.1) is 0 Å². The summed E-state index contributed by atoms with van der Waals surface area (Å²) >= 11 is 6.03. The zero-order valence-corrected chi connectivity index (χ0v) is 16.8. The maximum absolute atomic E-state index is 12.3. The van der Waals surface area contributed by atoms with E-state index in [0.29, 0.717) is 0 Å². The van der Waals surface area contributed by atoms with Gasteiger partial charge in [0.2, 0.25) is 5.91 Å². The number of hydrogen-bond acceptors (Lipinski definition) is 2. The summed E-state index contributed by atoms with van der Waals surface area (Å²) in [5.74, 6) is 0.0751. The van der Waals surface area contributed by atoms with Gasteiger partial charge in [-0.1, -0.05) is 48.0 Å². The lowest BCUT2D eigenvalue weighted by atomic mass is 9.89. The molecule has 0 fully saturated rings. The van der Waals surface area contributed by atoms with Gasteiger partial charge in [-0.25, -0.2) is 0 Å². The van der Waals surface area contributed by atoms with Crippen molar-refractivity contribution in [2.45, 2.75) is 32.4 Å². The average molecular weight is 391 g/mol. The van der Waals surface area contributed by atoms with Gasteiger partial charge in [0.05, 0.1) is 6.04 Å². The predicted octanol–water partition coefficient (Wildman–Crippen LogP) is 6.31. The van der Waals surface area contributed by atoms with Crippen LogP contribution >= 0.6 is 11.6 Å². The Kier molecular flexibility index (Phi) is 5.10. The lowest BCUT2D eigenvalue weighted by Crippen LogP contribution is -2.43. The molecule has 1 aliphatic heterocycles. The number of anilines is 2. The van der Waals surface area contributed by atoms with Gasteiger partial charge in [0.25, 0.3) is 0 Å². The van der Waals surface area contributed by atoms with Crippen LogP contribution < -0.4 is 10.2 Å². The second-order valence-corrected chi connectivity index (χ2v) is 7.75. The smallest absolute Gasteiger partial charge is 0.224 e. The van der Waals surface area contributed by atoms with E-state index >= 15 is 0 Å². The van der Waals surface area contributed by atoms with Crippen molar-refractivity contribution in [3.63, 3.8) is 0 Å². The zero-order valence-electron chi connectivity index (χ0n) is 16.0. The molecule has 4 heteroatoms. The first-order valence-electron chi connectivity index (χ1n) is 9.54. The Morgan fingerprint density at radius 2 is 1.71 bits per heavy atom. The molecule has 3 nitrogen and oxygen atoms in total. The minimum Gasteiger partial charge on any atom is -0.378 e. The van der Waals surface area contributed by atoms with Gasteiger partial charge in [0.1, 0.15) is 0 Å². The number of amides is 1. The van der Waals surface area contributed by atoms with Crippen LogP contribution in [0.3, 0.4) is 0 Å². The Bertz CT molecular complexity index is 985. The monoisotopic (exact) mass is 390 g/mol. The summed E-state index contributed by atoms with van der Waals surface area (Å²) in [5.41, 5.74) is 5.47. The highest BCUT2D eigenvalue weighted by Crippen LogP contribution is 2.41. The fourth-order valence-corrected chi connectivity index (χ4v) is 4.16. The highest BCUT2D eigenvalue weighted by Gasteiger charge is 2.32. The largest absolute Gasteiger partial charge is 0.378 e. The summed E-state index contributed by atoms with van der Waals surface area (Å²) in [6.45, 7) is 3.74. The molecule has 3 aromatic carbocycles. The Hall–Kier alpha value is -2.78. The van der Waals surface area contributed by atoms with Crippen molar-refractivity contribution >= 4 is 28.9 Å². The van der Waals surface area contributed by atoms with Crippen molar-refractivity contribution in [2.24, 2.45) is 0 Å². The molecule has 0 aromatic heterocycles. The molecule has 1 heterocycles. The summed E-state index contributed by atoms with van der Waals surface area (Å²) < 4.78 is 0. The third kappa shape index (κ3) is 3.63. The van der Waals surface area contributed by atoms with Gasteiger partial charge in [-0.05, 0) is 66.4 Å². The maximum Gasteiger partial charge on any atom is 0.224 e. The van der Waals surface area contributed by atoms with E-state index in [4.69, 9.17) is 11.6 Å². The Morgan fingerprint density at radius 1 is 1.00 bits per heavy atom. The van der Waals surface area contributed by atoms with Gasteiger partial charge in [-0.2, -0.15) is 0 Å². The van der Waals surface area contributed by atoms with E-state index in [1.54, 1.807) is 6.92 Å². The quantitative estimate of drug-likeness (QED) is 0.568.